The Balaban J connectivity index is 1.21. The van der Waals surface area contributed by atoms with Gasteiger partial charge in [-0.25, -0.2) is 0 Å². The average molecular weight is 776 g/mol. The number of fused-ring (bicyclic) bond motifs is 9. The van der Waals surface area contributed by atoms with Crippen LogP contribution in [0, 0.1) is 13.8 Å². The number of anilines is 3. The van der Waals surface area contributed by atoms with E-state index in [1.165, 1.54) is 116 Å². The maximum atomic E-state index is 2.50. The molecule has 0 N–H and O–H groups in total. The smallest absolute Gasteiger partial charge is 0.0540 e. The van der Waals surface area contributed by atoms with E-state index in [4.69, 9.17) is 0 Å². The molecule has 0 unspecified atom stereocenters. The van der Waals surface area contributed by atoms with E-state index >= 15 is 0 Å². The summed E-state index contributed by atoms with van der Waals surface area (Å²) >= 11 is 0. The normalized spacial score (nSPS) is 11.8. The fourth-order valence-corrected chi connectivity index (χ4v) is 10.4. The Kier molecular flexibility index (Phi) is 8.05. The van der Waals surface area contributed by atoms with Gasteiger partial charge in [-0.05, 0) is 155 Å². The molecule has 0 spiro atoms. The van der Waals surface area contributed by atoms with Crippen molar-refractivity contribution in [3.63, 3.8) is 0 Å². The Bertz CT molecular complexity index is 3480. The molecule has 0 bridgehead atoms. The molecule has 61 heavy (non-hydrogen) atoms. The van der Waals surface area contributed by atoms with Gasteiger partial charge in [-0.2, -0.15) is 0 Å². The molecule has 0 heterocycles. The van der Waals surface area contributed by atoms with Gasteiger partial charge in [0.15, 0.2) is 0 Å². The Morgan fingerprint density at radius 3 is 1.51 bits per heavy atom. The third kappa shape index (κ3) is 5.55. The summed E-state index contributed by atoms with van der Waals surface area (Å²) in [5.41, 5.74) is 18.5. The van der Waals surface area contributed by atoms with Gasteiger partial charge in [0.1, 0.15) is 0 Å². The molecule has 11 aromatic rings. The number of rotatable bonds is 6. The van der Waals surface area contributed by atoms with E-state index < -0.39 is 0 Å². The molecule has 12 rings (SSSR count). The standard InChI is InChI=1S/C60H41N/c1-38-33-39(2)35-44(34-38)61(56-32-31-50-46-24-13-12-23-45(46)48-27-16-28-52(56)58(48)50)43-29-30-51-55(36-43)47-25-14-15-26-49(47)59-54(41-19-8-4-9-20-41)37-53(40-17-6-3-7-18-40)57(60(51)59)42-21-10-5-11-22-42/h3-37H,1-2H3. The average Bonchev–Trinajstić information content (AvgIpc) is 3.64. The second kappa shape index (κ2) is 13.9. The monoisotopic (exact) mass is 775 g/mol. The molecule has 0 atom stereocenters. The molecule has 1 heteroatoms. The van der Waals surface area contributed by atoms with Gasteiger partial charge in [0.25, 0.3) is 0 Å². The minimum atomic E-state index is 1.13. The lowest BCUT2D eigenvalue weighted by atomic mass is 9.81. The van der Waals surface area contributed by atoms with E-state index in [-0.39, 0.29) is 0 Å². The van der Waals surface area contributed by atoms with Gasteiger partial charge in [0, 0.05) is 16.8 Å². The predicted octanol–water partition coefficient (Wildman–Crippen LogP) is 17.0. The van der Waals surface area contributed by atoms with Gasteiger partial charge in [0.05, 0.1) is 5.69 Å². The maximum absolute atomic E-state index is 2.50. The van der Waals surface area contributed by atoms with Crippen LogP contribution in [0.5, 0.6) is 0 Å². The van der Waals surface area contributed by atoms with Gasteiger partial charge < -0.3 is 4.90 Å². The SMILES string of the molecule is Cc1cc(C)cc(N(c2ccc3c(c2)c2ccccc2c2c(-c4ccccc4)cc(-c4ccccc4)c(-c4ccccc4)c32)c2ccc3c4c(cccc24)-c2ccccc2-3)c1. The van der Waals surface area contributed by atoms with Crippen molar-refractivity contribution in [1.82, 2.24) is 0 Å². The van der Waals surface area contributed by atoms with Crippen molar-refractivity contribution in [2.75, 3.05) is 4.90 Å². The van der Waals surface area contributed by atoms with Gasteiger partial charge in [0.2, 0.25) is 0 Å². The third-order valence-corrected chi connectivity index (χ3v) is 12.8. The zero-order chi connectivity index (χ0) is 40.6. The minimum Gasteiger partial charge on any atom is -0.310 e. The molecule has 0 saturated heterocycles. The minimum absolute atomic E-state index is 1.13. The van der Waals surface area contributed by atoms with Gasteiger partial charge in [-0.15, -0.1) is 0 Å². The number of aryl methyl sites for hydroxylation is 2. The molecule has 0 aliphatic heterocycles. The van der Waals surface area contributed by atoms with Crippen molar-refractivity contribution in [3.8, 4) is 55.6 Å². The lowest BCUT2D eigenvalue weighted by Gasteiger charge is -2.29. The van der Waals surface area contributed by atoms with Crippen LogP contribution in [-0.2, 0) is 0 Å². The van der Waals surface area contributed by atoms with E-state index in [0.29, 0.717) is 0 Å². The molecular weight excluding hydrogens is 735 g/mol. The van der Waals surface area contributed by atoms with Crippen LogP contribution in [0.4, 0.5) is 17.1 Å². The van der Waals surface area contributed by atoms with Gasteiger partial charge >= 0.3 is 0 Å². The number of hydrogen-bond donors (Lipinski definition) is 0. The van der Waals surface area contributed by atoms with Crippen molar-refractivity contribution in [1.29, 1.82) is 0 Å². The first kappa shape index (κ1) is 35.2. The summed E-state index contributed by atoms with van der Waals surface area (Å²) in [6.45, 7) is 4.41. The van der Waals surface area contributed by atoms with Crippen LogP contribution in [0.3, 0.4) is 0 Å². The number of benzene rings is 11. The Labute approximate surface area is 356 Å². The van der Waals surface area contributed by atoms with Crippen LogP contribution >= 0.6 is 0 Å². The molecule has 286 valence electrons. The van der Waals surface area contributed by atoms with Crippen molar-refractivity contribution in [2.45, 2.75) is 13.8 Å². The molecule has 11 aromatic carbocycles. The zero-order valence-corrected chi connectivity index (χ0v) is 34.2. The van der Waals surface area contributed by atoms with Crippen molar-refractivity contribution in [3.05, 3.63) is 223 Å². The largest absolute Gasteiger partial charge is 0.310 e. The van der Waals surface area contributed by atoms with E-state index in [1.54, 1.807) is 0 Å². The molecule has 1 aliphatic rings. The highest BCUT2D eigenvalue weighted by atomic mass is 15.1. The number of hydrogen-bond acceptors (Lipinski definition) is 1. The van der Waals surface area contributed by atoms with E-state index in [1.807, 2.05) is 0 Å². The first-order valence-corrected chi connectivity index (χ1v) is 21.3. The highest BCUT2D eigenvalue weighted by Crippen LogP contribution is 2.53. The van der Waals surface area contributed by atoms with Gasteiger partial charge in [-0.3, -0.25) is 0 Å². The molecule has 0 radical (unpaired) electrons. The van der Waals surface area contributed by atoms with E-state index in [9.17, 15) is 0 Å². The van der Waals surface area contributed by atoms with Crippen LogP contribution < -0.4 is 4.90 Å². The lowest BCUT2D eigenvalue weighted by molar-refractivity contribution is 1.27. The Morgan fingerprint density at radius 1 is 0.279 bits per heavy atom. The van der Waals surface area contributed by atoms with Crippen LogP contribution in [0.25, 0.3) is 98.7 Å². The predicted molar refractivity (Wildman–Crippen MR) is 261 cm³/mol. The van der Waals surface area contributed by atoms with Gasteiger partial charge in [-0.1, -0.05) is 176 Å². The highest BCUT2D eigenvalue weighted by Gasteiger charge is 2.26. The quantitative estimate of drug-likeness (QED) is 0.152. The van der Waals surface area contributed by atoms with E-state index in [0.717, 1.165) is 11.4 Å². The number of nitrogens with zero attached hydrogens (tertiary/aromatic N) is 1. The molecule has 0 aromatic heterocycles. The molecule has 1 aliphatic carbocycles. The van der Waals surface area contributed by atoms with Crippen molar-refractivity contribution in [2.24, 2.45) is 0 Å². The topological polar surface area (TPSA) is 3.24 Å². The summed E-state index contributed by atoms with van der Waals surface area (Å²) in [6.07, 6.45) is 0. The van der Waals surface area contributed by atoms with Crippen LogP contribution in [0.15, 0.2) is 212 Å². The van der Waals surface area contributed by atoms with Crippen molar-refractivity contribution < 1.29 is 0 Å². The Hall–Kier alpha value is -7.74. The fraction of sp³-hybridized carbons (Fsp3) is 0.0333. The third-order valence-electron chi connectivity index (χ3n) is 12.8. The molecule has 0 amide bonds. The Morgan fingerprint density at radius 2 is 0.820 bits per heavy atom. The van der Waals surface area contributed by atoms with Crippen LogP contribution in [0.1, 0.15) is 11.1 Å². The second-order valence-corrected chi connectivity index (χ2v) is 16.6. The highest BCUT2D eigenvalue weighted by molar-refractivity contribution is 6.33. The summed E-state index contributed by atoms with van der Waals surface area (Å²) in [5.74, 6) is 0. The molecule has 0 fully saturated rings. The summed E-state index contributed by atoms with van der Waals surface area (Å²) in [5, 5.41) is 10.1. The van der Waals surface area contributed by atoms with Crippen LogP contribution in [-0.4, -0.2) is 0 Å². The summed E-state index contributed by atoms with van der Waals surface area (Å²) in [7, 11) is 0. The van der Waals surface area contributed by atoms with Crippen molar-refractivity contribution >= 4 is 60.2 Å². The summed E-state index contributed by atoms with van der Waals surface area (Å²) < 4.78 is 0. The summed E-state index contributed by atoms with van der Waals surface area (Å²) in [6, 6.07) is 78.9. The molecular formula is C60H41N. The zero-order valence-electron chi connectivity index (χ0n) is 34.2. The summed E-state index contributed by atoms with van der Waals surface area (Å²) in [4.78, 5) is 2.50. The van der Waals surface area contributed by atoms with Crippen LogP contribution in [0.2, 0.25) is 0 Å². The lowest BCUT2D eigenvalue weighted by Crippen LogP contribution is -2.11. The van der Waals surface area contributed by atoms with E-state index in [2.05, 4.69) is 231 Å². The maximum Gasteiger partial charge on any atom is 0.0540 e. The fourth-order valence-electron chi connectivity index (χ4n) is 10.4. The first-order chi connectivity index (χ1) is 30.1. The first-order valence-electron chi connectivity index (χ1n) is 21.3. The molecule has 0 saturated carbocycles. The second-order valence-electron chi connectivity index (χ2n) is 16.6. The molecule has 1 nitrogen and oxygen atoms in total.